The lowest BCUT2D eigenvalue weighted by molar-refractivity contribution is -0.161. The van der Waals surface area contributed by atoms with E-state index in [2.05, 4.69) is 33.2 Å². The highest BCUT2D eigenvalue weighted by atomic mass is 35.5. The van der Waals surface area contributed by atoms with Crippen LogP contribution in [0.5, 0.6) is 0 Å². The molecule has 184 valence electrons. The van der Waals surface area contributed by atoms with E-state index in [-0.39, 0.29) is 17.1 Å². The highest BCUT2D eigenvalue weighted by Gasteiger charge is 2.50. The minimum absolute atomic E-state index is 0.0242. The summed E-state index contributed by atoms with van der Waals surface area (Å²) in [7, 11) is 0. The number of rotatable bonds is 5. The fourth-order valence-corrected chi connectivity index (χ4v) is 5.33. The summed E-state index contributed by atoms with van der Waals surface area (Å²) in [6.45, 7) is 8.29. The number of benzene rings is 1. The molecular weight excluding hydrogens is 476 g/mol. The van der Waals surface area contributed by atoms with E-state index >= 15 is 0 Å². The molecule has 5 heterocycles. The number of anilines is 2. The second-order valence-corrected chi connectivity index (χ2v) is 10.3. The Morgan fingerprint density at radius 2 is 2.00 bits per heavy atom. The molecule has 2 fully saturated rings. The van der Waals surface area contributed by atoms with E-state index in [1.807, 2.05) is 31.2 Å². The molecule has 1 N–H and O–H groups in total. The lowest BCUT2D eigenvalue weighted by Gasteiger charge is -2.55. The zero-order chi connectivity index (χ0) is 25.0. The summed E-state index contributed by atoms with van der Waals surface area (Å²) in [5.41, 5.74) is 4.62. The van der Waals surface area contributed by atoms with Crippen molar-refractivity contribution >= 4 is 34.1 Å². The van der Waals surface area contributed by atoms with E-state index in [1.54, 1.807) is 25.4 Å². The largest absolute Gasteiger partial charge is 0.455 e. The standard InChI is InChI=1S/C28H27ClN4O3/c1-16-11-20(26-21(12-16)24(34)17(2)25(36-26)19-5-4-9-30-13-19)18(3)31-22-6-7-23(29)32-27(22)33-14-28(15-33)8-10-35-28/h4-7,9,11-13,18,31H,8,10,14-15H2,1-3H3. The van der Waals surface area contributed by atoms with Crippen LogP contribution in [0.25, 0.3) is 22.3 Å². The van der Waals surface area contributed by atoms with Crippen LogP contribution in [-0.2, 0) is 4.74 Å². The number of ether oxygens (including phenoxy) is 1. The topological polar surface area (TPSA) is 80.5 Å². The van der Waals surface area contributed by atoms with Crippen LogP contribution in [-0.4, -0.2) is 35.3 Å². The van der Waals surface area contributed by atoms with E-state index in [9.17, 15) is 4.79 Å². The molecule has 0 bridgehead atoms. The highest BCUT2D eigenvalue weighted by molar-refractivity contribution is 6.29. The molecule has 0 amide bonds. The zero-order valence-electron chi connectivity index (χ0n) is 20.5. The molecule has 1 aromatic carbocycles. The number of pyridine rings is 2. The van der Waals surface area contributed by atoms with Gasteiger partial charge in [-0.1, -0.05) is 17.7 Å². The number of nitrogens with zero attached hydrogens (tertiary/aromatic N) is 3. The summed E-state index contributed by atoms with van der Waals surface area (Å²) in [5.74, 6) is 1.35. The third-order valence-corrected chi connectivity index (χ3v) is 7.43. The van der Waals surface area contributed by atoms with Crippen molar-refractivity contribution in [2.45, 2.75) is 38.8 Å². The molecule has 1 spiro atoms. The number of hydrogen-bond donors (Lipinski definition) is 1. The normalized spacial score (nSPS) is 17.1. The maximum atomic E-state index is 13.4. The van der Waals surface area contributed by atoms with Crippen molar-refractivity contribution in [1.82, 2.24) is 9.97 Å². The molecule has 2 aliphatic rings. The van der Waals surface area contributed by atoms with Crippen LogP contribution in [0.15, 0.2) is 58.0 Å². The summed E-state index contributed by atoms with van der Waals surface area (Å²) in [4.78, 5) is 24.4. The molecule has 0 saturated carbocycles. The lowest BCUT2D eigenvalue weighted by Crippen LogP contribution is -2.68. The Kier molecular flexibility index (Phi) is 5.50. The molecule has 2 saturated heterocycles. The summed E-state index contributed by atoms with van der Waals surface area (Å²) in [5, 5.41) is 4.62. The van der Waals surface area contributed by atoms with Crippen molar-refractivity contribution < 1.29 is 9.15 Å². The van der Waals surface area contributed by atoms with E-state index in [1.165, 1.54) is 0 Å². The van der Waals surface area contributed by atoms with Gasteiger partial charge in [0.25, 0.3) is 0 Å². The van der Waals surface area contributed by atoms with Gasteiger partial charge in [0.1, 0.15) is 22.1 Å². The third-order valence-electron chi connectivity index (χ3n) is 7.22. The Morgan fingerprint density at radius 3 is 2.69 bits per heavy atom. The van der Waals surface area contributed by atoms with Crippen LogP contribution in [0.4, 0.5) is 11.5 Å². The van der Waals surface area contributed by atoms with Gasteiger partial charge in [-0.15, -0.1) is 0 Å². The maximum absolute atomic E-state index is 13.4. The number of aryl methyl sites for hydroxylation is 1. The highest BCUT2D eigenvalue weighted by Crippen LogP contribution is 2.41. The van der Waals surface area contributed by atoms with Crippen LogP contribution in [0.1, 0.15) is 36.1 Å². The Hall–Kier alpha value is -3.42. The number of halogens is 1. The van der Waals surface area contributed by atoms with Crippen molar-refractivity contribution in [3.05, 3.63) is 80.9 Å². The van der Waals surface area contributed by atoms with E-state index in [4.69, 9.17) is 20.8 Å². The molecule has 7 nitrogen and oxygen atoms in total. The van der Waals surface area contributed by atoms with Gasteiger partial charge in [0, 0.05) is 35.5 Å². The van der Waals surface area contributed by atoms with Crippen molar-refractivity contribution in [2.75, 3.05) is 29.9 Å². The first-order chi connectivity index (χ1) is 17.3. The minimum Gasteiger partial charge on any atom is -0.455 e. The van der Waals surface area contributed by atoms with Gasteiger partial charge >= 0.3 is 0 Å². The van der Waals surface area contributed by atoms with Gasteiger partial charge in [-0.2, -0.15) is 0 Å². The molecule has 8 heteroatoms. The van der Waals surface area contributed by atoms with Crippen LogP contribution >= 0.6 is 11.6 Å². The summed E-state index contributed by atoms with van der Waals surface area (Å²) >= 11 is 6.27. The zero-order valence-corrected chi connectivity index (χ0v) is 21.2. The fraction of sp³-hybridized carbons (Fsp3) is 0.321. The molecular formula is C28H27ClN4O3. The second kappa shape index (κ2) is 8.61. The van der Waals surface area contributed by atoms with Gasteiger partial charge in [-0.25, -0.2) is 4.98 Å². The number of hydrogen-bond acceptors (Lipinski definition) is 7. The van der Waals surface area contributed by atoms with E-state index < -0.39 is 0 Å². The first-order valence-corrected chi connectivity index (χ1v) is 12.5. The molecule has 36 heavy (non-hydrogen) atoms. The van der Waals surface area contributed by atoms with E-state index in [0.29, 0.717) is 27.4 Å². The van der Waals surface area contributed by atoms with Gasteiger partial charge in [0.05, 0.1) is 36.8 Å². The number of fused-ring (bicyclic) bond motifs is 1. The molecule has 6 rings (SSSR count). The Bertz CT molecular complexity index is 1520. The molecule has 4 aromatic rings. The second-order valence-electron chi connectivity index (χ2n) is 9.87. The maximum Gasteiger partial charge on any atom is 0.196 e. The smallest absolute Gasteiger partial charge is 0.196 e. The van der Waals surface area contributed by atoms with Gasteiger partial charge in [0.15, 0.2) is 11.2 Å². The van der Waals surface area contributed by atoms with E-state index in [0.717, 1.165) is 54.3 Å². The molecule has 2 aliphatic heterocycles. The monoisotopic (exact) mass is 502 g/mol. The van der Waals surface area contributed by atoms with Crippen molar-refractivity contribution in [3.63, 3.8) is 0 Å². The summed E-state index contributed by atoms with van der Waals surface area (Å²) < 4.78 is 12.2. The quantitative estimate of drug-likeness (QED) is 0.352. The van der Waals surface area contributed by atoms with Crippen molar-refractivity contribution in [1.29, 1.82) is 0 Å². The van der Waals surface area contributed by atoms with Crippen LogP contribution in [0.2, 0.25) is 5.15 Å². The SMILES string of the molecule is Cc1cc(C(C)Nc2ccc(Cl)nc2N2CC3(CCO3)C2)c2oc(-c3cccnc3)c(C)c(=O)c2c1. The van der Waals surface area contributed by atoms with Crippen LogP contribution in [0, 0.1) is 13.8 Å². The average molecular weight is 503 g/mol. The Morgan fingerprint density at radius 1 is 1.19 bits per heavy atom. The number of nitrogens with one attached hydrogen (secondary N) is 1. The average Bonchev–Trinajstić information content (AvgIpc) is 2.81. The van der Waals surface area contributed by atoms with Crippen molar-refractivity contribution in [2.24, 2.45) is 0 Å². The third kappa shape index (κ3) is 3.83. The number of aromatic nitrogens is 2. The molecule has 1 atom stereocenters. The van der Waals surface area contributed by atoms with Crippen molar-refractivity contribution in [3.8, 4) is 11.3 Å². The minimum atomic E-state index is -0.170. The summed E-state index contributed by atoms with van der Waals surface area (Å²) in [6.07, 6.45) is 4.49. The lowest BCUT2D eigenvalue weighted by atomic mass is 9.86. The Balaban J connectivity index is 1.40. The summed E-state index contributed by atoms with van der Waals surface area (Å²) in [6, 6.07) is 11.3. The predicted molar refractivity (Wildman–Crippen MR) is 142 cm³/mol. The van der Waals surface area contributed by atoms with Gasteiger partial charge in [-0.05, 0) is 56.7 Å². The van der Waals surface area contributed by atoms with Gasteiger partial charge in [-0.3, -0.25) is 9.78 Å². The molecule has 1 unspecified atom stereocenters. The first kappa shape index (κ1) is 23.0. The molecule has 3 aromatic heterocycles. The van der Waals surface area contributed by atoms with Crippen LogP contribution in [0.3, 0.4) is 0 Å². The first-order valence-electron chi connectivity index (χ1n) is 12.1. The predicted octanol–water partition coefficient (Wildman–Crippen LogP) is 5.67. The molecule has 0 radical (unpaired) electrons. The van der Waals surface area contributed by atoms with Crippen LogP contribution < -0.4 is 15.6 Å². The Labute approximate surface area is 214 Å². The van der Waals surface area contributed by atoms with Gasteiger partial charge in [0.2, 0.25) is 0 Å². The molecule has 0 aliphatic carbocycles. The van der Waals surface area contributed by atoms with Gasteiger partial charge < -0.3 is 19.4 Å². The fourth-order valence-electron chi connectivity index (χ4n) is 5.19.